The van der Waals surface area contributed by atoms with E-state index in [9.17, 15) is 49.1 Å². The highest BCUT2D eigenvalue weighted by atomic mass is 35.5. The lowest BCUT2D eigenvalue weighted by molar-refractivity contribution is -0.257. The Kier molecular flexibility index (Phi) is 11.4. The second-order valence-corrected chi connectivity index (χ2v) is 9.50. The first-order valence-corrected chi connectivity index (χ1v) is 12.1. The Balaban J connectivity index is 2.21. The number of rotatable bonds is 9. The Morgan fingerprint density at radius 1 is 0.854 bits per heavy atom. The number of alkyl halides is 9. The first-order valence-electron chi connectivity index (χ1n) is 11.0. The number of amides is 2. The normalized spacial score (nSPS) is 14.3. The molecule has 2 aromatic carbocycles. The number of ether oxygens (including phenoxy) is 1. The zero-order valence-electron chi connectivity index (χ0n) is 20.3. The van der Waals surface area contributed by atoms with Crippen molar-refractivity contribution in [2.24, 2.45) is 0 Å². The third-order valence-electron chi connectivity index (χ3n) is 5.27. The van der Waals surface area contributed by atoms with Gasteiger partial charge in [-0.2, -0.15) is 39.5 Å². The molecule has 0 fully saturated rings. The van der Waals surface area contributed by atoms with E-state index in [-0.39, 0.29) is 31.8 Å². The second kappa shape index (κ2) is 13.5. The molecule has 226 valence electrons. The van der Waals surface area contributed by atoms with Gasteiger partial charge in [0.05, 0.1) is 27.6 Å². The summed E-state index contributed by atoms with van der Waals surface area (Å²) in [7, 11) is 0.985. The number of halogens is 12. The van der Waals surface area contributed by atoms with Gasteiger partial charge in [-0.3, -0.25) is 9.59 Å². The van der Waals surface area contributed by atoms with E-state index >= 15 is 0 Å². The number of carbonyl (C=O) groups excluding carboxylic acids is 2. The molecule has 0 aromatic heterocycles. The summed E-state index contributed by atoms with van der Waals surface area (Å²) < 4.78 is 122. The van der Waals surface area contributed by atoms with E-state index in [1.165, 1.54) is 12.1 Å². The zero-order valence-corrected chi connectivity index (χ0v) is 22.6. The molecular weight excluding hydrogens is 642 g/mol. The molecule has 2 aromatic rings. The maximum absolute atomic E-state index is 13.7. The molecule has 0 saturated heterocycles. The fourth-order valence-corrected chi connectivity index (χ4v) is 3.91. The van der Waals surface area contributed by atoms with Crippen LogP contribution >= 0.6 is 34.8 Å². The smallest absolute Gasteiger partial charge is 0.382 e. The molecule has 2 amide bonds. The lowest BCUT2D eigenvalue weighted by Gasteiger charge is -2.26. The van der Waals surface area contributed by atoms with Crippen molar-refractivity contribution in [2.75, 3.05) is 13.7 Å². The lowest BCUT2D eigenvalue weighted by Crippen LogP contribution is -2.59. The number of allylic oxidation sites excluding steroid dienone is 1. The van der Waals surface area contributed by atoms with E-state index in [0.29, 0.717) is 0 Å². The number of hydrogen-bond acceptors (Lipinski definition) is 3. The molecule has 2 N–H and O–H groups in total. The summed E-state index contributed by atoms with van der Waals surface area (Å²) >= 11 is 17.5. The average molecular weight is 660 g/mol. The Labute approximate surface area is 241 Å². The van der Waals surface area contributed by atoms with Gasteiger partial charge in [0.1, 0.15) is 6.04 Å². The summed E-state index contributed by atoms with van der Waals surface area (Å²) in [5.41, 5.74) is -0.348. The van der Waals surface area contributed by atoms with Gasteiger partial charge in [-0.1, -0.05) is 59.1 Å². The predicted octanol–water partition coefficient (Wildman–Crippen LogP) is 7.36. The van der Waals surface area contributed by atoms with Crippen LogP contribution in [-0.2, 0) is 9.53 Å². The van der Waals surface area contributed by atoms with E-state index in [0.717, 1.165) is 48.8 Å². The summed E-state index contributed by atoms with van der Waals surface area (Å²) in [5, 5.41) is 2.24. The van der Waals surface area contributed by atoms with Crippen LogP contribution in [0.25, 0.3) is 6.08 Å². The SMILES string of the molecule is COCC(NC(=O)c1ccc(/C=C/C(c2cc(Cl)c(Cl)c(Cl)c2)C(F)(F)F)cc1)C(=O)NC(C(F)(F)F)C(F)(F)F. The number of nitrogens with one attached hydrogen (secondary N) is 2. The van der Waals surface area contributed by atoms with Crippen LogP contribution in [0.2, 0.25) is 15.1 Å². The molecule has 2 atom stereocenters. The van der Waals surface area contributed by atoms with Gasteiger partial charge in [-0.05, 0) is 35.4 Å². The minimum atomic E-state index is -5.86. The highest BCUT2D eigenvalue weighted by Gasteiger charge is 2.58. The van der Waals surface area contributed by atoms with Crippen LogP contribution in [0, 0.1) is 0 Å². The van der Waals surface area contributed by atoms with Crippen molar-refractivity contribution in [1.29, 1.82) is 0 Å². The highest BCUT2D eigenvalue weighted by molar-refractivity contribution is 6.48. The van der Waals surface area contributed by atoms with Crippen LogP contribution < -0.4 is 10.6 Å². The highest BCUT2D eigenvalue weighted by Crippen LogP contribution is 2.41. The van der Waals surface area contributed by atoms with E-state index in [2.05, 4.69) is 4.74 Å². The van der Waals surface area contributed by atoms with Crippen LogP contribution in [0.1, 0.15) is 27.4 Å². The molecule has 0 aliphatic rings. The molecular formula is C24H18Cl3F9N2O3. The summed E-state index contributed by atoms with van der Waals surface area (Å²) in [6.45, 7) is -0.779. The summed E-state index contributed by atoms with van der Waals surface area (Å²) in [4.78, 5) is 24.6. The minimum Gasteiger partial charge on any atom is -0.382 e. The van der Waals surface area contributed by atoms with Crippen molar-refractivity contribution in [3.05, 3.63) is 74.2 Å². The van der Waals surface area contributed by atoms with E-state index in [1.54, 1.807) is 0 Å². The zero-order chi connectivity index (χ0) is 31.3. The maximum atomic E-state index is 13.7. The van der Waals surface area contributed by atoms with Gasteiger partial charge < -0.3 is 15.4 Å². The van der Waals surface area contributed by atoms with Crippen LogP contribution in [-0.4, -0.2) is 56.1 Å². The van der Waals surface area contributed by atoms with Gasteiger partial charge in [0.2, 0.25) is 11.9 Å². The largest absolute Gasteiger partial charge is 0.417 e. The van der Waals surface area contributed by atoms with Gasteiger partial charge in [-0.25, -0.2) is 0 Å². The monoisotopic (exact) mass is 658 g/mol. The Morgan fingerprint density at radius 2 is 1.37 bits per heavy atom. The number of methoxy groups -OCH3 is 1. The minimum absolute atomic E-state index is 0.124. The fraction of sp³-hybridized carbons (Fsp3) is 0.333. The van der Waals surface area contributed by atoms with Gasteiger partial charge >= 0.3 is 18.5 Å². The molecule has 2 unspecified atom stereocenters. The van der Waals surface area contributed by atoms with Crippen molar-refractivity contribution < 1.29 is 53.8 Å². The third kappa shape index (κ3) is 9.69. The second-order valence-electron chi connectivity index (χ2n) is 8.31. The molecule has 0 saturated carbocycles. The van der Waals surface area contributed by atoms with Crippen molar-refractivity contribution in [1.82, 2.24) is 10.6 Å². The molecule has 0 spiro atoms. The quantitative estimate of drug-likeness (QED) is 0.219. The molecule has 2 rings (SSSR count). The molecule has 0 aliphatic heterocycles. The number of hydrogen-bond donors (Lipinski definition) is 2. The topological polar surface area (TPSA) is 67.4 Å². The van der Waals surface area contributed by atoms with E-state index in [4.69, 9.17) is 34.8 Å². The van der Waals surface area contributed by atoms with Crippen molar-refractivity contribution in [2.45, 2.75) is 36.5 Å². The van der Waals surface area contributed by atoms with Gasteiger partial charge in [0.15, 0.2) is 0 Å². The first-order chi connectivity index (χ1) is 18.8. The van der Waals surface area contributed by atoms with E-state index < -0.39 is 55.0 Å². The Morgan fingerprint density at radius 3 is 1.80 bits per heavy atom. The van der Waals surface area contributed by atoms with Crippen LogP contribution in [0.5, 0.6) is 0 Å². The lowest BCUT2D eigenvalue weighted by atomic mass is 9.97. The van der Waals surface area contributed by atoms with Gasteiger partial charge in [0, 0.05) is 12.7 Å². The van der Waals surface area contributed by atoms with Gasteiger partial charge in [-0.15, -0.1) is 0 Å². The number of carbonyl (C=O) groups is 2. The van der Waals surface area contributed by atoms with Crippen molar-refractivity contribution in [3.63, 3.8) is 0 Å². The van der Waals surface area contributed by atoms with Gasteiger partial charge in [0.25, 0.3) is 5.91 Å². The predicted molar refractivity (Wildman–Crippen MR) is 133 cm³/mol. The molecule has 0 bridgehead atoms. The Bertz CT molecular complexity index is 1230. The molecule has 0 heterocycles. The van der Waals surface area contributed by atoms with E-state index in [1.807, 2.05) is 5.32 Å². The molecule has 5 nitrogen and oxygen atoms in total. The van der Waals surface area contributed by atoms with Crippen LogP contribution in [0.3, 0.4) is 0 Å². The molecule has 0 radical (unpaired) electrons. The Hall–Kier alpha value is -2.68. The first kappa shape index (κ1) is 34.5. The number of benzene rings is 2. The van der Waals surface area contributed by atoms with Crippen LogP contribution in [0.4, 0.5) is 39.5 Å². The summed E-state index contributed by atoms with van der Waals surface area (Å²) in [5.74, 6) is -5.06. The molecule has 41 heavy (non-hydrogen) atoms. The fourth-order valence-electron chi connectivity index (χ4n) is 3.30. The summed E-state index contributed by atoms with van der Waals surface area (Å²) in [6.07, 6.45) is -14.6. The van der Waals surface area contributed by atoms with Crippen molar-refractivity contribution >= 4 is 52.7 Å². The molecule has 17 heteroatoms. The molecule has 0 aliphatic carbocycles. The third-order valence-corrected chi connectivity index (χ3v) is 6.47. The van der Waals surface area contributed by atoms with Crippen LogP contribution in [0.15, 0.2) is 42.5 Å². The average Bonchev–Trinajstić information content (AvgIpc) is 2.83. The standard InChI is InChI=1S/C24H18Cl3F9N2O3/c1-41-10-17(20(40)38-21(23(31,32)33)24(34,35)36)37-19(39)12-5-2-11(3-6-12)4-7-14(22(28,29)30)13-8-15(25)18(27)16(26)9-13/h2-9,14,17,21H,10H2,1H3,(H,37,39)(H,38,40)/b7-4+. The maximum Gasteiger partial charge on any atom is 0.417 e. The van der Waals surface area contributed by atoms with Crippen molar-refractivity contribution in [3.8, 4) is 0 Å². The summed E-state index contributed by atoms with van der Waals surface area (Å²) in [6, 6.07) is 0.474.